The Hall–Kier alpha value is -1.65. The maximum absolute atomic E-state index is 12.8. The van der Waals surface area contributed by atoms with Crippen LogP contribution >= 0.6 is 0 Å². The molecule has 19 heavy (non-hydrogen) atoms. The van der Waals surface area contributed by atoms with Crippen LogP contribution in [0.15, 0.2) is 57.8 Å². The lowest BCUT2D eigenvalue weighted by Gasteiger charge is -2.09. The zero-order valence-electron chi connectivity index (χ0n) is 11.3. The molecule has 0 aromatic heterocycles. The van der Waals surface area contributed by atoms with Crippen molar-refractivity contribution in [1.82, 2.24) is 0 Å². The van der Waals surface area contributed by atoms with Gasteiger partial charge in [-0.25, -0.2) is 4.21 Å². The summed E-state index contributed by atoms with van der Waals surface area (Å²) in [5, 5.41) is 0. The van der Waals surface area contributed by atoms with Gasteiger partial charge in [-0.1, -0.05) is 35.9 Å². The first kappa shape index (κ1) is 13.8. The Bertz CT molecular complexity index is 684. The highest BCUT2D eigenvalue weighted by atomic mass is 32.2. The van der Waals surface area contributed by atoms with Crippen molar-refractivity contribution in [3.05, 3.63) is 59.7 Å². The fraction of sp³-hybridized carbons (Fsp3) is 0.200. The van der Waals surface area contributed by atoms with Gasteiger partial charge in [0.05, 0.1) is 17.7 Å². The van der Waals surface area contributed by atoms with Gasteiger partial charge < -0.3 is 0 Å². The van der Waals surface area contributed by atoms with E-state index in [1.165, 1.54) is 7.11 Å². The predicted octanol–water partition coefficient (Wildman–Crippen LogP) is 4.02. The number of hydrogen-bond acceptors (Lipinski definition) is 3. The summed E-state index contributed by atoms with van der Waals surface area (Å²) < 4.78 is 22.3. The minimum Gasteiger partial charge on any atom is -0.284 e. The van der Waals surface area contributed by atoms with Gasteiger partial charge >= 0.3 is 0 Å². The minimum atomic E-state index is -2.87. The third kappa shape index (κ3) is 3.03. The van der Waals surface area contributed by atoms with Crippen molar-refractivity contribution in [3.63, 3.8) is 0 Å². The first-order chi connectivity index (χ1) is 9.05. The zero-order chi connectivity index (χ0) is 13.9. The lowest BCUT2D eigenvalue weighted by atomic mass is 10.2. The maximum atomic E-state index is 12.8. The van der Waals surface area contributed by atoms with Crippen molar-refractivity contribution in [1.29, 1.82) is 0 Å². The van der Waals surface area contributed by atoms with Crippen LogP contribution in [-0.4, -0.2) is 11.3 Å². The topological polar surface area (TPSA) is 38.7 Å². The molecule has 100 valence electrons. The summed E-state index contributed by atoms with van der Waals surface area (Å²) in [6, 6.07) is 15.0. The molecule has 0 heterocycles. The molecule has 0 saturated carbocycles. The molecule has 3 nitrogen and oxygen atoms in total. The molecule has 0 bridgehead atoms. The second-order valence-corrected chi connectivity index (χ2v) is 6.27. The van der Waals surface area contributed by atoms with Crippen LogP contribution in [0.3, 0.4) is 0 Å². The van der Waals surface area contributed by atoms with Crippen LogP contribution in [0.2, 0.25) is 0 Å². The SMILES string of the molecule is COS(=O)(=Nc1ccccc1C)c1ccc(C)cc1. The van der Waals surface area contributed by atoms with Crippen LogP contribution in [-0.2, 0) is 14.2 Å². The zero-order valence-corrected chi connectivity index (χ0v) is 12.1. The van der Waals surface area contributed by atoms with E-state index in [0.29, 0.717) is 10.6 Å². The van der Waals surface area contributed by atoms with E-state index in [0.717, 1.165) is 11.1 Å². The second-order valence-electron chi connectivity index (χ2n) is 4.33. The molecule has 4 heteroatoms. The summed E-state index contributed by atoms with van der Waals surface area (Å²) in [5.74, 6) is 0. The van der Waals surface area contributed by atoms with Gasteiger partial charge in [0.25, 0.3) is 0 Å². The van der Waals surface area contributed by atoms with E-state index in [9.17, 15) is 4.21 Å². The number of hydrogen-bond donors (Lipinski definition) is 0. The summed E-state index contributed by atoms with van der Waals surface area (Å²) in [7, 11) is -1.45. The summed E-state index contributed by atoms with van der Waals surface area (Å²) in [6.07, 6.45) is 0. The fourth-order valence-corrected chi connectivity index (χ4v) is 3.01. The van der Waals surface area contributed by atoms with Crippen molar-refractivity contribution < 1.29 is 8.39 Å². The van der Waals surface area contributed by atoms with Gasteiger partial charge in [0, 0.05) is 0 Å². The monoisotopic (exact) mass is 275 g/mol. The molecule has 2 rings (SSSR count). The largest absolute Gasteiger partial charge is 0.284 e. The fourth-order valence-electron chi connectivity index (χ4n) is 1.69. The molecular formula is C15H17NO2S. The van der Waals surface area contributed by atoms with E-state index in [1.807, 2.05) is 50.2 Å². The Kier molecular flexibility index (Phi) is 4.02. The Morgan fingerprint density at radius 3 is 2.21 bits per heavy atom. The van der Waals surface area contributed by atoms with Gasteiger partial charge in [-0.05, 0) is 37.6 Å². The molecule has 0 aliphatic carbocycles. The van der Waals surface area contributed by atoms with E-state index < -0.39 is 10.0 Å². The van der Waals surface area contributed by atoms with E-state index in [2.05, 4.69) is 4.36 Å². The summed E-state index contributed by atoms with van der Waals surface area (Å²) in [6.45, 7) is 3.92. The van der Waals surface area contributed by atoms with Crippen molar-refractivity contribution >= 4 is 15.7 Å². The average molecular weight is 275 g/mol. The summed E-state index contributed by atoms with van der Waals surface area (Å²) in [4.78, 5) is 0.587. The Morgan fingerprint density at radius 1 is 1.00 bits per heavy atom. The van der Waals surface area contributed by atoms with Crippen molar-refractivity contribution in [3.8, 4) is 0 Å². The van der Waals surface area contributed by atoms with Crippen molar-refractivity contribution in [2.75, 3.05) is 7.11 Å². The lowest BCUT2D eigenvalue weighted by molar-refractivity contribution is 0.436. The highest BCUT2D eigenvalue weighted by molar-refractivity contribution is 7.89. The molecule has 1 atom stereocenters. The first-order valence-corrected chi connectivity index (χ1v) is 7.44. The van der Waals surface area contributed by atoms with Gasteiger partial charge in [-0.15, -0.1) is 0 Å². The van der Waals surface area contributed by atoms with E-state index >= 15 is 0 Å². The molecular weight excluding hydrogens is 258 g/mol. The Labute approximate surface area is 114 Å². The molecule has 0 spiro atoms. The molecule has 0 saturated heterocycles. The molecule has 0 radical (unpaired) electrons. The molecule has 1 unspecified atom stereocenters. The third-order valence-corrected chi connectivity index (χ3v) is 4.64. The Balaban J connectivity index is 2.57. The van der Waals surface area contributed by atoms with E-state index in [4.69, 9.17) is 4.18 Å². The smallest absolute Gasteiger partial charge is 0.198 e. The number of benzene rings is 2. The van der Waals surface area contributed by atoms with Gasteiger partial charge in [0.2, 0.25) is 0 Å². The lowest BCUT2D eigenvalue weighted by Crippen LogP contribution is -2.02. The van der Waals surface area contributed by atoms with Crippen molar-refractivity contribution in [2.45, 2.75) is 18.7 Å². The van der Waals surface area contributed by atoms with Crippen molar-refractivity contribution in [2.24, 2.45) is 4.36 Å². The van der Waals surface area contributed by atoms with Gasteiger partial charge in [0.15, 0.2) is 10.0 Å². The molecule has 0 aliphatic rings. The molecule has 0 amide bonds. The average Bonchev–Trinajstić information content (AvgIpc) is 2.42. The normalized spacial score (nSPS) is 13.8. The number of aryl methyl sites for hydroxylation is 2. The van der Waals surface area contributed by atoms with Gasteiger partial charge in [-0.3, -0.25) is 4.18 Å². The van der Waals surface area contributed by atoms with Gasteiger partial charge in [0.1, 0.15) is 0 Å². The molecule has 0 fully saturated rings. The minimum absolute atomic E-state index is 0.587. The quantitative estimate of drug-likeness (QED) is 0.848. The highest BCUT2D eigenvalue weighted by Crippen LogP contribution is 2.24. The summed E-state index contributed by atoms with van der Waals surface area (Å²) in [5.41, 5.74) is 2.77. The predicted molar refractivity (Wildman–Crippen MR) is 77.9 cm³/mol. The van der Waals surface area contributed by atoms with E-state index in [1.54, 1.807) is 12.1 Å². The maximum Gasteiger partial charge on any atom is 0.198 e. The Morgan fingerprint density at radius 2 is 1.63 bits per heavy atom. The standard InChI is InChI=1S/C15H17NO2S/c1-12-8-10-14(11-9-12)19(17,18-3)16-15-7-5-4-6-13(15)2/h4-11H,1-3H3. The molecule has 0 N–H and O–H groups in total. The third-order valence-electron chi connectivity index (χ3n) is 2.88. The van der Waals surface area contributed by atoms with Crippen LogP contribution in [0.5, 0.6) is 0 Å². The van der Waals surface area contributed by atoms with Crippen LogP contribution in [0.25, 0.3) is 0 Å². The van der Waals surface area contributed by atoms with Crippen LogP contribution in [0.1, 0.15) is 11.1 Å². The van der Waals surface area contributed by atoms with E-state index in [-0.39, 0.29) is 0 Å². The van der Waals surface area contributed by atoms with Crippen LogP contribution in [0, 0.1) is 13.8 Å². The molecule has 2 aromatic rings. The number of rotatable bonds is 3. The highest BCUT2D eigenvalue weighted by Gasteiger charge is 2.12. The molecule has 0 aliphatic heterocycles. The summed E-state index contributed by atoms with van der Waals surface area (Å²) >= 11 is 0. The second kappa shape index (κ2) is 5.55. The number of nitrogens with zero attached hydrogens (tertiary/aromatic N) is 1. The van der Waals surface area contributed by atoms with Gasteiger partial charge in [-0.2, -0.15) is 4.36 Å². The molecule has 2 aromatic carbocycles. The first-order valence-electron chi connectivity index (χ1n) is 6.00. The van der Waals surface area contributed by atoms with Crippen LogP contribution in [0.4, 0.5) is 5.69 Å². The van der Waals surface area contributed by atoms with Crippen LogP contribution < -0.4 is 0 Å².